The van der Waals surface area contributed by atoms with Gasteiger partial charge < -0.3 is 10.1 Å². The summed E-state index contributed by atoms with van der Waals surface area (Å²) in [4.78, 5) is 8.64. The van der Waals surface area contributed by atoms with E-state index in [4.69, 9.17) is 4.74 Å². The molecule has 0 fully saturated rings. The average molecular weight is 315 g/mol. The topological polar surface area (TPSA) is 47.0 Å². The van der Waals surface area contributed by atoms with E-state index in [2.05, 4.69) is 29.1 Å². The van der Waals surface area contributed by atoms with Gasteiger partial charge in [0.2, 0.25) is 0 Å². The summed E-state index contributed by atoms with van der Waals surface area (Å²) in [6.07, 6.45) is 9.39. The number of hydrogen-bond acceptors (Lipinski definition) is 4. The lowest BCUT2D eigenvalue weighted by Crippen LogP contribution is -2.22. The van der Waals surface area contributed by atoms with Crippen molar-refractivity contribution in [2.45, 2.75) is 58.4 Å². The number of aromatic nitrogens is 2. The predicted octanol–water partition coefficient (Wildman–Crippen LogP) is 4.81. The Kier molecular flexibility index (Phi) is 7.81. The summed E-state index contributed by atoms with van der Waals surface area (Å²) in [5, 5.41) is 4.48. The van der Waals surface area contributed by atoms with Crippen molar-refractivity contribution >= 4 is 16.7 Å². The molecule has 4 heteroatoms. The quantitative estimate of drug-likeness (QED) is 0.605. The summed E-state index contributed by atoms with van der Waals surface area (Å²) in [6, 6.07) is 8.28. The lowest BCUT2D eigenvalue weighted by atomic mass is 10.1. The third-order valence-corrected chi connectivity index (χ3v) is 3.94. The number of rotatable bonds is 11. The monoisotopic (exact) mass is 315 g/mol. The maximum atomic E-state index is 5.78. The van der Waals surface area contributed by atoms with Crippen LogP contribution in [0.1, 0.15) is 52.4 Å². The van der Waals surface area contributed by atoms with Crippen LogP contribution in [-0.2, 0) is 4.74 Å². The van der Waals surface area contributed by atoms with Crippen LogP contribution in [0.5, 0.6) is 0 Å². The second-order valence-corrected chi connectivity index (χ2v) is 6.13. The van der Waals surface area contributed by atoms with Crippen molar-refractivity contribution in [2.75, 3.05) is 18.5 Å². The molecule has 1 N–H and O–H groups in total. The van der Waals surface area contributed by atoms with E-state index in [-0.39, 0.29) is 6.04 Å². The fraction of sp³-hybridized carbons (Fsp3) is 0.579. The van der Waals surface area contributed by atoms with Gasteiger partial charge in [-0.3, -0.25) is 0 Å². The van der Waals surface area contributed by atoms with Crippen LogP contribution in [0.15, 0.2) is 30.6 Å². The maximum absolute atomic E-state index is 5.78. The molecule has 0 saturated carbocycles. The molecule has 1 unspecified atom stereocenters. The van der Waals surface area contributed by atoms with Gasteiger partial charge in [0.15, 0.2) is 0 Å². The molecule has 0 aliphatic rings. The highest BCUT2D eigenvalue weighted by molar-refractivity contribution is 5.88. The number of ether oxygens (including phenoxy) is 1. The zero-order valence-electron chi connectivity index (χ0n) is 14.4. The largest absolute Gasteiger partial charge is 0.379 e. The molecule has 0 saturated heterocycles. The van der Waals surface area contributed by atoms with Crippen molar-refractivity contribution in [1.29, 1.82) is 0 Å². The second-order valence-electron chi connectivity index (χ2n) is 6.13. The average Bonchev–Trinajstić information content (AvgIpc) is 2.57. The molecular weight excluding hydrogens is 286 g/mol. The van der Waals surface area contributed by atoms with Crippen LogP contribution in [0.2, 0.25) is 0 Å². The molecule has 2 rings (SSSR count). The minimum absolute atomic E-state index is 0.230. The lowest BCUT2D eigenvalue weighted by Gasteiger charge is -2.16. The predicted molar refractivity (Wildman–Crippen MR) is 96.8 cm³/mol. The van der Waals surface area contributed by atoms with Gasteiger partial charge >= 0.3 is 0 Å². The number of nitrogens with one attached hydrogen (secondary N) is 1. The molecule has 126 valence electrons. The van der Waals surface area contributed by atoms with Crippen LogP contribution >= 0.6 is 0 Å². The van der Waals surface area contributed by atoms with Crippen molar-refractivity contribution in [1.82, 2.24) is 9.97 Å². The highest BCUT2D eigenvalue weighted by Gasteiger charge is 2.07. The van der Waals surface area contributed by atoms with E-state index < -0.39 is 0 Å². The molecule has 0 bridgehead atoms. The van der Waals surface area contributed by atoms with Crippen molar-refractivity contribution < 1.29 is 4.74 Å². The van der Waals surface area contributed by atoms with Crippen molar-refractivity contribution in [3.63, 3.8) is 0 Å². The first kappa shape index (κ1) is 17.7. The molecule has 0 spiro atoms. The van der Waals surface area contributed by atoms with Crippen LogP contribution in [0.3, 0.4) is 0 Å². The number of unbranched alkanes of at least 4 members (excludes halogenated alkanes) is 5. The number of benzene rings is 1. The third kappa shape index (κ3) is 6.14. The van der Waals surface area contributed by atoms with E-state index in [0.29, 0.717) is 6.61 Å². The summed E-state index contributed by atoms with van der Waals surface area (Å²) in [5.74, 6) is 0.881. The SMILES string of the molecule is CCCCCCCCOCC(C)Nc1ncnc2ccccc12. The van der Waals surface area contributed by atoms with E-state index >= 15 is 0 Å². The number of hydrogen-bond donors (Lipinski definition) is 1. The molecule has 0 amide bonds. The van der Waals surface area contributed by atoms with E-state index in [1.807, 2.05) is 24.3 Å². The molecule has 1 aromatic carbocycles. The Morgan fingerprint density at radius 3 is 2.70 bits per heavy atom. The number of fused-ring (bicyclic) bond motifs is 1. The lowest BCUT2D eigenvalue weighted by molar-refractivity contribution is 0.124. The third-order valence-electron chi connectivity index (χ3n) is 3.94. The summed E-state index contributed by atoms with van der Waals surface area (Å²) in [7, 11) is 0. The summed E-state index contributed by atoms with van der Waals surface area (Å²) in [6.45, 7) is 5.92. The zero-order valence-corrected chi connectivity index (χ0v) is 14.4. The first-order valence-electron chi connectivity index (χ1n) is 8.85. The standard InChI is InChI=1S/C19H29N3O/c1-3-4-5-6-7-10-13-23-14-16(2)22-19-17-11-8-9-12-18(17)20-15-21-19/h8-9,11-12,15-16H,3-7,10,13-14H2,1-2H3,(H,20,21,22). The van der Waals surface area contributed by atoms with Crippen LogP contribution in [-0.4, -0.2) is 29.2 Å². The first-order valence-corrected chi connectivity index (χ1v) is 8.85. The number of anilines is 1. The van der Waals surface area contributed by atoms with Gasteiger partial charge in [-0.25, -0.2) is 9.97 Å². The van der Waals surface area contributed by atoms with Crippen molar-refractivity contribution in [3.05, 3.63) is 30.6 Å². The van der Waals surface area contributed by atoms with Crippen LogP contribution in [0.25, 0.3) is 10.9 Å². The summed E-state index contributed by atoms with van der Waals surface area (Å²) >= 11 is 0. The van der Waals surface area contributed by atoms with Gasteiger partial charge in [-0.2, -0.15) is 0 Å². The van der Waals surface area contributed by atoms with Crippen LogP contribution in [0, 0.1) is 0 Å². The fourth-order valence-corrected chi connectivity index (χ4v) is 2.64. The highest BCUT2D eigenvalue weighted by Crippen LogP contribution is 2.19. The Bertz CT molecular complexity index is 568. The maximum Gasteiger partial charge on any atom is 0.137 e. The van der Waals surface area contributed by atoms with Gasteiger partial charge in [-0.15, -0.1) is 0 Å². The van der Waals surface area contributed by atoms with Gasteiger partial charge in [0, 0.05) is 18.0 Å². The molecule has 2 aromatic rings. The highest BCUT2D eigenvalue weighted by atomic mass is 16.5. The molecule has 4 nitrogen and oxygen atoms in total. The molecule has 1 atom stereocenters. The van der Waals surface area contributed by atoms with Gasteiger partial charge in [0.05, 0.1) is 12.1 Å². The van der Waals surface area contributed by atoms with Gasteiger partial charge in [0.25, 0.3) is 0 Å². The molecule has 0 aliphatic carbocycles. The molecule has 23 heavy (non-hydrogen) atoms. The van der Waals surface area contributed by atoms with Gasteiger partial charge in [-0.05, 0) is 25.5 Å². The summed E-state index contributed by atoms with van der Waals surface area (Å²) in [5.41, 5.74) is 0.963. The molecular formula is C19H29N3O. The van der Waals surface area contributed by atoms with Crippen LogP contribution < -0.4 is 5.32 Å². The van der Waals surface area contributed by atoms with Gasteiger partial charge in [0.1, 0.15) is 12.1 Å². The Morgan fingerprint density at radius 2 is 1.83 bits per heavy atom. The van der Waals surface area contributed by atoms with Crippen molar-refractivity contribution in [3.8, 4) is 0 Å². The van der Waals surface area contributed by atoms with Gasteiger partial charge in [-0.1, -0.05) is 51.2 Å². The minimum Gasteiger partial charge on any atom is -0.379 e. The Balaban J connectivity index is 1.67. The summed E-state index contributed by atoms with van der Waals surface area (Å²) < 4.78 is 5.78. The number of nitrogens with zero attached hydrogens (tertiary/aromatic N) is 2. The Labute approximate surface area is 139 Å². The normalized spacial score (nSPS) is 12.4. The first-order chi connectivity index (χ1) is 11.3. The Morgan fingerprint density at radius 1 is 1.04 bits per heavy atom. The fourth-order valence-electron chi connectivity index (χ4n) is 2.64. The minimum atomic E-state index is 0.230. The van der Waals surface area contributed by atoms with Crippen LogP contribution in [0.4, 0.5) is 5.82 Å². The van der Waals surface area contributed by atoms with E-state index in [9.17, 15) is 0 Å². The number of para-hydroxylation sites is 1. The molecule has 0 radical (unpaired) electrons. The molecule has 0 aliphatic heterocycles. The van der Waals surface area contributed by atoms with Crippen molar-refractivity contribution in [2.24, 2.45) is 0 Å². The molecule has 1 heterocycles. The zero-order chi connectivity index (χ0) is 16.3. The van der Waals surface area contributed by atoms with E-state index in [1.165, 1.54) is 32.1 Å². The van der Waals surface area contributed by atoms with E-state index in [1.54, 1.807) is 6.33 Å². The smallest absolute Gasteiger partial charge is 0.137 e. The Hall–Kier alpha value is -1.68. The second kappa shape index (κ2) is 10.2. The van der Waals surface area contributed by atoms with E-state index in [0.717, 1.165) is 29.7 Å². The molecule has 1 aromatic heterocycles.